The number of rotatable bonds is 5. The van der Waals surface area contributed by atoms with E-state index in [0.717, 1.165) is 17.1 Å². The number of urea groups is 1. The van der Waals surface area contributed by atoms with Gasteiger partial charge in [-0.1, -0.05) is 11.3 Å². The van der Waals surface area contributed by atoms with Gasteiger partial charge in [0.25, 0.3) is 0 Å². The first-order valence-electron chi connectivity index (χ1n) is 8.01. The van der Waals surface area contributed by atoms with Crippen molar-refractivity contribution in [1.82, 2.24) is 35.3 Å². The van der Waals surface area contributed by atoms with Gasteiger partial charge in [-0.25, -0.2) is 14.5 Å². The first-order valence-corrected chi connectivity index (χ1v) is 8.89. The third-order valence-corrected chi connectivity index (χ3v) is 4.29. The first kappa shape index (κ1) is 16.8. The lowest BCUT2D eigenvalue weighted by Gasteiger charge is -2.02. The van der Waals surface area contributed by atoms with Crippen molar-refractivity contribution >= 4 is 22.5 Å². The van der Waals surface area contributed by atoms with Crippen molar-refractivity contribution in [3.05, 3.63) is 66.2 Å². The largest absolute Gasteiger partial charge is 0.332 e. The second-order valence-corrected chi connectivity index (χ2v) is 6.28. The summed E-state index contributed by atoms with van der Waals surface area (Å²) in [5.41, 5.74) is 2.90. The predicted octanol–water partition coefficient (Wildman–Crippen LogP) is 2.50. The van der Waals surface area contributed by atoms with Gasteiger partial charge in [0, 0.05) is 17.8 Å². The Morgan fingerprint density at radius 3 is 2.93 bits per heavy atom. The Morgan fingerprint density at radius 2 is 2.11 bits per heavy atom. The molecule has 0 bridgehead atoms. The number of amides is 2. The number of pyridine rings is 2. The Labute approximate surface area is 158 Å². The number of nitrogens with one attached hydrogen (secondary N) is 2. The Balaban J connectivity index is 1.33. The lowest BCUT2D eigenvalue weighted by molar-refractivity contribution is 0.251. The molecule has 0 saturated carbocycles. The highest BCUT2D eigenvalue weighted by molar-refractivity contribution is 7.14. The maximum atomic E-state index is 12.1. The summed E-state index contributed by atoms with van der Waals surface area (Å²) in [4.78, 5) is 24.7. The molecular weight excluding hydrogens is 364 g/mol. The van der Waals surface area contributed by atoms with Crippen molar-refractivity contribution in [2.45, 2.75) is 6.54 Å². The minimum absolute atomic E-state index is 0.241. The fourth-order valence-electron chi connectivity index (χ4n) is 2.27. The van der Waals surface area contributed by atoms with Crippen LogP contribution in [0.25, 0.3) is 17.1 Å². The maximum Gasteiger partial charge on any atom is 0.321 e. The zero-order valence-electron chi connectivity index (χ0n) is 14.0. The molecule has 0 fully saturated rings. The molecule has 27 heavy (non-hydrogen) atoms. The molecule has 2 N–H and O–H groups in total. The summed E-state index contributed by atoms with van der Waals surface area (Å²) in [5.74, 6) is 0. The Kier molecular flexibility index (Phi) is 4.79. The molecule has 0 radical (unpaired) electrons. The van der Waals surface area contributed by atoms with Crippen molar-refractivity contribution < 1.29 is 4.79 Å². The van der Waals surface area contributed by atoms with Gasteiger partial charge in [0.1, 0.15) is 11.4 Å². The second-order valence-electron chi connectivity index (χ2n) is 5.43. The van der Waals surface area contributed by atoms with Crippen LogP contribution in [0.2, 0.25) is 0 Å². The number of aromatic nitrogens is 6. The molecule has 0 spiro atoms. The minimum atomic E-state index is -0.368. The van der Waals surface area contributed by atoms with Gasteiger partial charge in [0.05, 0.1) is 30.3 Å². The van der Waals surface area contributed by atoms with Crippen LogP contribution in [-0.4, -0.2) is 36.0 Å². The quantitative estimate of drug-likeness (QED) is 0.552. The molecule has 4 rings (SSSR count). The monoisotopic (exact) mass is 378 g/mol. The number of anilines is 1. The van der Waals surface area contributed by atoms with E-state index in [1.807, 2.05) is 35.7 Å². The van der Waals surface area contributed by atoms with E-state index in [1.54, 1.807) is 29.5 Å². The summed E-state index contributed by atoms with van der Waals surface area (Å²) in [7, 11) is 0. The van der Waals surface area contributed by atoms with Crippen LogP contribution in [-0.2, 0) is 6.54 Å². The van der Waals surface area contributed by atoms with Crippen LogP contribution in [0.3, 0.4) is 0 Å². The van der Waals surface area contributed by atoms with Crippen molar-refractivity contribution in [2.75, 3.05) is 5.32 Å². The SMILES string of the molecule is O=C(NCc1cn(-c2cccnc2)nn1)Nc1nc(-c2ccccn2)cs1. The van der Waals surface area contributed by atoms with Crippen molar-refractivity contribution in [3.8, 4) is 17.1 Å². The average Bonchev–Trinajstić information content (AvgIpc) is 3.37. The fourth-order valence-corrected chi connectivity index (χ4v) is 2.97. The van der Waals surface area contributed by atoms with Gasteiger partial charge in [-0.2, -0.15) is 0 Å². The number of nitrogens with zero attached hydrogens (tertiary/aromatic N) is 6. The zero-order chi connectivity index (χ0) is 18.5. The second kappa shape index (κ2) is 7.70. The molecular formula is C17H14N8OS. The smallest absolute Gasteiger partial charge is 0.321 e. The topological polar surface area (TPSA) is 111 Å². The number of carbonyl (C=O) groups is 1. The number of hydrogen-bond donors (Lipinski definition) is 2. The van der Waals surface area contributed by atoms with Crippen LogP contribution in [0.5, 0.6) is 0 Å². The molecule has 0 aliphatic carbocycles. The van der Waals surface area contributed by atoms with Crippen LogP contribution < -0.4 is 10.6 Å². The number of thiazole rings is 1. The van der Waals surface area contributed by atoms with E-state index in [0.29, 0.717) is 10.8 Å². The van der Waals surface area contributed by atoms with Crippen LogP contribution >= 0.6 is 11.3 Å². The van der Waals surface area contributed by atoms with Gasteiger partial charge < -0.3 is 5.32 Å². The Bertz CT molecular complexity index is 1030. The van der Waals surface area contributed by atoms with E-state index in [9.17, 15) is 4.79 Å². The molecule has 134 valence electrons. The number of carbonyl (C=O) groups excluding carboxylic acids is 1. The highest BCUT2D eigenvalue weighted by Gasteiger charge is 2.09. The normalized spacial score (nSPS) is 10.5. The van der Waals surface area contributed by atoms with E-state index in [-0.39, 0.29) is 12.6 Å². The van der Waals surface area contributed by atoms with Gasteiger partial charge in [-0.15, -0.1) is 16.4 Å². The summed E-state index contributed by atoms with van der Waals surface area (Å²) >= 11 is 1.33. The lowest BCUT2D eigenvalue weighted by atomic mass is 10.3. The number of hydrogen-bond acceptors (Lipinski definition) is 7. The Morgan fingerprint density at radius 1 is 1.15 bits per heavy atom. The molecule has 0 atom stereocenters. The molecule has 0 aromatic carbocycles. The molecule has 9 nitrogen and oxygen atoms in total. The van der Waals surface area contributed by atoms with E-state index in [1.165, 1.54) is 11.3 Å². The van der Waals surface area contributed by atoms with Gasteiger partial charge in [-0.3, -0.25) is 15.3 Å². The van der Waals surface area contributed by atoms with Crippen molar-refractivity contribution in [3.63, 3.8) is 0 Å². The molecule has 2 amide bonds. The summed E-state index contributed by atoms with van der Waals surface area (Å²) < 4.78 is 1.60. The maximum absolute atomic E-state index is 12.1. The van der Waals surface area contributed by atoms with E-state index in [4.69, 9.17) is 0 Å². The average molecular weight is 378 g/mol. The summed E-state index contributed by atoms with van der Waals surface area (Å²) in [5, 5.41) is 15.8. The molecule has 0 aliphatic rings. The standard InChI is InChI=1S/C17H14N8OS/c26-16(22-17-21-15(11-27-17)14-5-1-2-7-19-14)20-8-12-10-25(24-23-12)13-4-3-6-18-9-13/h1-7,9-11H,8H2,(H2,20,21,22,26). The molecule has 0 aliphatic heterocycles. The minimum Gasteiger partial charge on any atom is -0.332 e. The van der Waals surface area contributed by atoms with Gasteiger partial charge in [0.2, 0.25) is 0 Å². The summed E-state index contributed by atoms with van der Waals surface area (Å²) in [6.07, 6.45) is 6.80. The highest BCUT2D eigenvalue weighted by Crippen LogP contribution is 2.22. The van der Waals surface area contributed by atoms with Gasteiger partial charge in [-0.05, 0) is 24.3 Å². The van der Waals surface area contributed by atoms with Crippen LogP contribution in [0.4, 0.5) is 9.93 Å². The van der Waals surface area contributed by atoms with Crippen molar-refractivity contribution in [2.24, 2.45) is 0 Å². The van der Waals surface area contributed by atoms with Crippen molar-refractivity contribution in [1.29, 1.82) is 0 Å². The molecule has 4 aromatic heterocycles. The highest BCUT2D eigenvalue weighted by atomic mass is 32.1. The van der Waals surface area contributed by atoms with Gasteiger partial charge in [0.15, 0.2) is 5.13 Å². The third kappa shape index (κ3) is 4.12. The fraction of sp³-hybridized carbons (Fsp3) is 0.0588. The van der Waals surface area contributed by atoms with Crippen LogP contribution in [0, 0.1) is 0 Å². The first-order chi connectivity index (χ1) is 13.3. The molecule has 4 heterocycles. The third-order valence-electron chi connectivity index (χ3n) is 3.53. The summed E-state index contributed by atoms with van der Waals surface area (Å²) in [6, 6.07) is 8.91. The van der Waals surface area contributed by atoms with Crippen LogP contribution in [0.1, 0.15) is 5.69 Å². The van der Waals surface area contributed by atoms with E-state index < -0.39 is 0 Å². The molecule has 0 unspecified atom stereocenters. The summed E-state index contributed by atoms with van der Waals surface area (Å²) in [6.45, 7) is 0.241. The molecule has 4 aromatic rings. The Hall–Kier alpha value is -3.66. The molecule has 0 saturated heterocycles. The molecule has 10 heteroatoms. The zero-order valence-corrected chi connectivity index (χ0v) is 14.8. The van der Waals surface area contributed by atoms with E-state index in [2.05, 4.69) is 35.9 Å². The van der Waals surface area contributed by atoms with Crippen LogP contribution in [0.15, 0.2) is 60.5 Å². The predicted molar refractivity (Wildman–Crippen MR) is 100 cm³/mol. The van der Waals surface area contributed by atoms with E-state index >= 15 is 0 Å². The van der Waals surface area contributed by atoms with Gasteiger partial charge >= 0.3 is 6.03 Å². The lowest BCUT2D eigenvalue weighted by Crippen LogP contribution is -2.28.